The van der Waals surface area contributed by atoms with Gasteiger partial charge in [-0.15, -0.1) is 0 Å². The molecule has 588 valence electrons. The maximum absolute atomic E-state index is 13.1. The summed E-state index contributed by atoms with van der Waals surface area (Å²) in [5.74, 6) is -2.47. The fraction of sp³-hybridized carbons (Fsp3) is 0.600. The Balaban J connectivity index is 5.53. The van der Waals surface area contributed by atoms with Crippen LogP contribution in [0.3, 0.4) is 0 Å². The summed E-state index contributed by atoms with van der Waals surface area (Å²) in [5.41, 5.74) is 0. The van der Waals surface area contributed by atoms with Crippen LogP contribution in [0.5, 0.6) is 0 Å². The Morgan fingerprint density at radius 3 is 0.904 bits per heavy atom. The highest BCUT2D eigenvalue weighted by atomic mass is 31.2. The zero-order chi connectivity index (χ0) is 76.0. The van der Waals surface area contributed by atoms with Crippen LogP contribution >= 0.6 is 15.6 Å². The zero-order valence-electron chi connectivity index (χ0n) is 64.1. The van der Waals surface area contributed by atoms with Gasteiger partial charge in [0.15, 0.2) is 12.2 Å². The van der Waals surface area contributed by atoms with Gasteiger partial charge in [-0.2, -0.15) is 0 Å². The van der Waals surface area contributed by atoms with Crippen LogP contribution in [0.15, 0.2) is 182 Å². The molecule has 0 radical (unpaired) electrons. The number of phosphoric ester groups is 2. The molecule has 0 aromatic rings. The summed E-state index contributed by atoms with van der Waals surface area (Å²) in [6.45, 7) is 4.27. The van der Waals surface area contributed by atoms with Gasteiger partial charge in [-0.05, 0) is 148 Å². The molecule has 0 aromatic heterocycles. The smallest absolute Gasteiger partial charge is 0.462 e. The quantitative estimate of drug-likeness (QED) is 0.0169. The monoisotopic (exact) mass is 1490 g/mol. The van der Waals surface area contributed by atoms with Gasteiger partial charge in [-0.1, -0.05) is 281 Å². The Kier molecular flexibility index (Phi) is 71.2. The Bertz CT molecular complexity index is 2690. The van der Waals surface area contributed by atoms with Crippen molar-refractivity contribution < 1.29 is 80.2 Å². The lowest BCUT2D eigenvalue weighted by Crippen LogP contribution is -2.30. The second kappa shape index (κ2) is 75.4. The van der Waals surface area contributed by atoms with E-state index in [1.54, 1.807) is 6.08 Å². The number of aliphatic hydroxyl groups is 1. The number of carbonyl (C=O) groups excluding carboxylic acids is 4. The first kappa shape index (κ1) is 98.2. The van der Waals surface area contributed by atoms with Gasteiger partial charge in [0.05, 0.1) is 32.8 Å². The van der Waals surface area contributed by atoms with Crippen LogP contribution in [0.1, 0.15) is 272 Å². The van der Waals surface area contributed by atoms with Crippen molar-refractivity contribution in [3.63, 3.8) is 0 Å². The maximum atomic E-state index is 13.1. The number of allylic oxidation sites excluding steroid dienone is 29. The highest BCUT2D eigenvalue weighted by molar-refractivity contribution is 7.47. The first-order valence-corrected chi connectivity index (χ1v) is 42.0. The number of esters is 4. The molecule has 104 heavy (non-hydrogen) atoms. The number of hydrogen-bond donors (Lipinski definition) is 3. The van der Waals surface area contributed by atoms with Gasteiger partial charge in [-0.25, -0.2) is 9.13 Å². The number of rotatable bonds is 71. The van der Waals surface area contributed by atoms with Crippen LogP contribution in [0.2, 0.25) is 0 Å². The normalized spacial score (nSPS) is 14.9. The average Bonchev–Trinajstić information content (AvgIpc) is 0.918. The summed E-state index contributed by atoms with van der Waals surface area (Å²) in [6, 6.07) is 0. The highest BCUT2D eigenvalue weighted by Crippen LogP contribution is 2.45. The summed E-state index contributed by atoms with van der Waals surface area (Å²) >= 11 is 0. The summed E-state index contributed by atoms with van der Waals surface area (Å²) in [6.07, 6.45) is 90.7. The van der Waals surface area contributed by atoms with Crippen molar-refractivity contribution in [2.75, 3.05) is 39.6 Å². The SMILES string of the molecule is CC/C=C\C/C=C\C/C=C\C/C=C\C/C=C\C/C=C\CCC(=O)OCC(COP(=O)(O)OCC(O)COP(=O)(O)OCC(COC(=O)C/C=C\C/C=C\C/C=C\C/C=C\C/C=C\CC)OC(=O)CCCCCCC/C=C\CCCCCCCC)OC(=O)CCCCCCC/C=C\C/C=C\C/C=C\CC. The van der Waals surface area contributed by atoms with Gasteiger partial charge in [-0.3, -0.25) is 37.3 Å². The predicted octanol–water partition coefficient (Wildman–Crippen LogP) is 22.8. The molecule has 0 saturated heterocycles. The second-order valence-electron chi connectivity index (χ2n) is 25.2. The van der Waals surface area contributed by atoms with E-state index in [0.717, 1.165) is 148 Å². The molecule has 3 N–H and O–H groups in total. The van der Waals surface area contributed by atoms with Crippen molar-refractivity contribution >= 4 is 39.5 Å². The van der Waals surface area contributed by atoms with Crippen molar-refractivity contribution in [2.45, 2.75) is 290 Å². The third-order valence-electron chi connectivity index (χ3n) is 15.4. The van der Waals surface area contributed by atoms with E-state index in [1.807, 2.05) is 36.5 Å². The number of ether oxygens (including phenoxy) is 4. The molecule has 19 heteroatoms. The topological polar surface area (TPSA) is 237 Å². The molecular weight excluding hydrogens is 1350 g/mol. The lowest BCUT2D eigenvalue weighted by atomic mass is 10.1. The molecule has 0 aliphatic rings. The molecule has 0 aliphatic carbocycles. The molecule has 0 rings (SSSR count). The van der Waals surface area contributed by atoms with Crippen molar-refractivity contribution in [1.82, 2.24) is 0 Å². The summed E-state index contributed by atoms with van der Waals surface area (Å²) in [4.78, 5) is 72.9. The fourth-order valence-electron chi connectivity index (χ4n) is 9.56. The molecule has 0 aliphatic heterocycles. The molecule has 0 bridgehead atoms. The molecule has 0 heterocycles. The Morgan fingerprint density at radius 2 is 0.558 bits per heavy atom. The van der Waals surface area contributed by atoms with Crippen LogP contribution in [-0.4, -0.2) is 96.7 Å². The molecule has 17 nitrogen and oxygen atoms in total. The van der Waals surface area contributed by atoms with E-state index < -0.39 is 97.5 Å². The minimum Gasteiger partial charge on any atom is -0.462 e. The molecule has 0 saturated carbocycles. The number of phosphoric acid groups is 2. The van der Waals surface area contributed by atoms with Crippen molar-refractivity contribution in [3.8, 4) is 0 Å². The van der Waals surface area contributed by atoms with E-state index in [-0.39, 0.29) is 25.7 Å². The standard InChI is InChI=1S/C85H136O17P2/c1-5-9-13-17-21-25-29-33-37-38-39-40-44-46-50-54-58-62-66-70-83(88)96-76-81(102-85(90)72-68-64-60-56-52-48-43-36-32-28-24-20-16-12-8-4)78-100-104(93,94)98-74-79(86)73-97-103(91,92)99-77-80(101-84(89)71-67-63-59-55-51-47-42-35-31-27-23-19-15-11-7-3)75-95-82(87)69-65-61-57-53-49-45-41-34-30-26-22-18-14-10-6-2/h9-10,12-14,16,21-22,24-26,28,33-37,39-43,46,49-50,53,58,61-62,65,79-81,86H,5-8,11,15,17-20,23,27,29-32,38,44-45,47-48,51-52,54-57,59-60,63-64,66-78H2,1-4H3,(H,91,92)(H,93,94)/b13-9-,14-10-,16-12-,25-21-,26-22-,28-24-,37-33-,40-39-,41-34-,42-35-,43-36-,50-46-,53-49-,62-58-,65-61-. The van der Waals surface area contributed by atoms with Gasteiger partial charge in [0.1, 0.15) is 19.3 Å². The Morgan fingerprint density at radius 1 is 0.288 bits per heavy atom. The van der Waals surface area contributed by atoms with Crippen molar-refractivity contribution in [2.24, 2.45) is 0 Å². The minimum atomic E-state index is -5.01. The van der Waals surface area contributed by atoms with Crippen LogP contribution in [0.4, 0.5) is 0 Å². The zero-order valence-corrected chi connectivity index (χ0v) is 65.9. The van der Waals surface area contributed by atoms with E-state index in [1.165, 1.54) is 38.5 Å². The Hall–Kier alpha value is -5.84. The van der Waals surface area contributed by atoms with Gasteiger partial charge in [0.25, 0.3) is 0 Å². The first-order chi connectivity index (χ1) is 50.7. The maximum Gasteiger partial charge on any atom is 0.472 e. The van der Waals surface area contributed by atoms with Crippen LogP contribution in [0, 0.1) is 0 Å². The molecule has 0 spiro atoms. The molecule has 0 aromatic carbocycles. The first-order valence-electron chi connectivity index (χ1n) is 39.0. The number of aliphatic hydroxyl groups excluding tert-OH is 1. The van der Waals surface area contributed by atoms with E-state index in [2.05, 4.69) is 167 Å². The molecular formula is C85H136O17P2. The van der Waals surface area contributed by atoms with Crippen LogP contribution in [0.25, 0.3) is 0 Å². The lowest BCUT2D eigenvalue weighted by molar-refractivity contribution is -0.161. The van der Waals surface area contributed by atoms with Crippen molar-refractivity contribution in [3.05, 3.63) is 182 Å². The molecule has 5 atom stereocenters. The summed E-state index contributed by atoms with van der Waals surface area (Å²) in [7, 11) is -10.0. The van der Waals surface area contributed by atoms with Gasteiger partial charge < -0.3 is 33.8 Å². The van der Waals surface area contributed by atoms with Crippen LogP contribution < -0.4 is 0 Å². The minimum absolute atomic E-state index is 0.0234. The van der Waals surface area contributed by atoms with Crippen molar-refractivity contribution in [1.29, 1.82) is 0 Å². The molecule has 0 fully saturated rings. The molecule has 0 amide bonds. The van der Waals surface area contributed by atoms with E-state index in [0.29, 0.717) is 32.1 Å². The van der Waals surface area contributed by atoms with Crippen LogP contribution in [-0.2, 0) is 65.4 Å². The average molecular weight is 1490 g/mol. The number of unbranched alkanes of at least 4 members (excludes halogenated alkanes) is 16. The summed E-state index contributed by atoms with van der Waals surface area (Å²) in [5, 5.41) is 10.6. The predicted molar refractivity (Wildman–Crippen MR) is 426 cm³/mol. The van der Waals surface area contributed by atoms with E-state index in [4.69, 9.17) is 37.0 Å². The third kappa shape index (κ3) is 74.4. The number of hydrogen-bond acceptors (Lipinski definition) is 15. The second-order valence-corrected chi connectivity index (χ2v) is 28.1. The van der Waals surface area contributed by atoms with E-state index >= 15 is 0 Å². The number of carbonyl (C=O) groups is 4. The third-order valence-corrected chi connectivity index (χ3v) is 17.3. The van der Waals surface area contributed by atoms with Gasteiger partial charge in [0.2, 0.25) is 0 Å². The van der Waals surface area contributed by atoms with E-state index in [9.17, 15) is 43.2 Å². The Labute approximate surface area is 628 Å². The van der Waals surface area contributed by atoms with Gasteiger partial charge >= 0.3 is 39.5 Å². The molecule has 5 unspecified atom stereocenters. The van der Waals surface area contributed by atoms with Gasteiger partial charge in [0, 0.05) is 19.3 Å². The highest BCUT2D eigenvalue weighted by Gasteiger charge is 2.30. The summed E-state index contributed by atoms with van der Waals surface area (Å²) < 4.78 is 68.3. The lowest BCUT2D eigenvalue weighted by Gasteiger charge is -2.21. The largest absolute Gasteiger partial charge is 0.472 e. The fourth-order valence-corrected chi connectivity index (χ4v) is 11.1.